The van der Waals surface area contributed by atoms with E-state index in [-0.39, 0.29) is 24.8 Å². The van der Waals surface area contributed by atoms with Crippen LogP contribution in [0.25, 0.3) is 0 Å². The number of carbonyl (C=O) groups is 2. The zero-order valence-electron chi connectivity index (χ0n) is 9.97. The second-order valence-corrected chi connectivity index (χ2v) is 4.60. The summed E-state index contributed by atoms with van der Waals surface area (Å²) in [4.78, 5) is 24.5. The molecule has 5 heteroatoms. The number of halogens is 1. The van der Waals surface area contributed by atoms with Crippen molar-refractivity contribution in [3.05, 3.63) is 46.5 Å². The monoisotopic (exact) mass is 311 g/mol. The highest BCUT2D eigenvalue weighted by Crippen LogP contribution is 2.11. The van der Waals surface area contributed by atoms with Crippen molar-refractivity contribution in [3.8, 4) is 0 Å². The van der Waals surface area contributed by atoms with Gasteiger partial charge in [-0.1, -0.05) is 15.9 Å². The molecule has 0 spiro atoms. The Kier molecular flexibility index (Phi) is 5.74. The van der Waals surface area contributed by atoms with E-state index in [1.54, 1.807) is 31.3 Å². The van der Waals surface area contributed by atoms with E-state index in [1.165, 1.54) is 17.1 Å². The fourth-order valence-electron chi connectivity index (χ4n) is 1.24. The molecule has 0 aliphatic carbocycles. The van der Waals surface area contributed by atoms with E-state index in [0.717, 1.165) is 4.47 Å². The van der Waals surface area contributed by atoms with E-state index in [4.69, 9.17) is 5.11 Å². The summed E-state index contributed by atoms with van der Waals surface area (Å²) in [7, 11) is 1.56. The molecule has 1 rings (SSSR count). The van der Waals surface area contributed by atoms with Gasteiger partial charge in [-0.05, 0) is 30.3 Å². The molecular formula is C13H14BrNO3. The lowest BCUT2D eigenvalue weighted by atomic mass is 10.1. The van der Waals surface area contributed by atoms with Crippen LogP contribution in [0.4, 0.5) is 0 Å². The van der Waals surface area contributed by atoms with Gasteiger partial charge in [0.1, 0.15) is 0 Å². The number of amides is 1. The molecule has 1 aromatic carbocycles. The molecule has 18 heavy (non-hydrogen) atoms. The maximum Gasteiger partial charge on any atom is 0.246 e. The van der Waals surface area contributed by atoms with Crippen molar-refractivity contribution in [1.82, 2.24) is 4.90 Å². The molecule has 0 fully saturated rings. The molecule has 0 aliphatic heterocycles. The number of aliphatic hydroxyl groups is 1. The summed E-state index contributed by atoms with van der Waals surface area (Å²) in [5.74, 6) is -0.539. The van der Waals surface area contributed by atoms with Crippen LogP contribution in [0.2, 0.25) is 0 Å². The zero-order chi connectivity index (χ0) is 13.5. The molecule has 0 unspecified atom stereocenters. The van der Waals surface area contributed by atoms with Crippen LogP contribution in [0.15, 0.2) is 40.9 Å². The smallest absolute Gasteiger partial charge is 0.246 e. The molecule has 0 bridgehead atoms. The number of aliphatic hydroxyl groups excluding tert-OH is 1. The molecule has 1 amide bonds. The number of rotatable bonds is 5. The normalized spacial score (nSPS) is 10.6. The van der Waals surface area contributed by atoms with Crippen LogP contribution in [-0.2, 0) is 4.79 Å². The molecule has 0 saturated carbocycles. The standard InChI is InChI=1S/C13H14BrNO3/c1-15(8-9-16)13(18)7-6-12(17)10-2-4-11(14)5-3-10/h2-7,16H,8-9H2,1H3/b7-6+. The van der Waals surface area contributed by atoms with E-state index in [2.05, 4.69) is 15.9 Å². The number of hydrogen-bond acceptors (Lipinski definition) is 3. The Morgan fingerprint density at radius 3 is 2.44 bits per heavy atom. The van der Waals surface area contributed by atoms with Gasteiger partial charge in [0.15, 0.2) is 5.78 Å². The lowest BCUT2D eigenvalue weighted by molar-refractivity contribution is -0.125. The Hall–Kier alpha value is -1.46. The van der Waals surface area contributed by atoms with Crippen molar-refractivity contribution in [3.63, 3.8) is 0 Å². The summed E-state index contributed by atoms with van der Waals surface area (Å²) in [6, 6.07) is 6.89. The van der Waals surface area contributed by atoms with Crippen LogP contribution in [0, 0.1) is 0 Å². The first-order valence-electron chi connectivity index (χ1n) is 5.38. The van der Waals surface area contributed by atoms with Crippen molar-refractivity contribution in [2.24, 2.45) is 0 Å². The molecule has 0 radical (unpaired) electrons. The van der Waals surface area contributed by atoms with Crippen molar-refractivity contribution in [1.29, 1.82) is 0 Å². The van der Waals surface area contributed by atoms with Crippen molar-refractivity contribution < 1.29 is 14.7 Å². The van der Waals surface area contributed by atoms with Crippen molar-refractivity contribution in [2.75, 3.05) is 20.2 Å². The Morgan fingerprint density at radius 1 is 1.28 bits per heavy atom. The SMILES string of the molecule is CN(CCO)C(=O)/C=C/C(=O)c1ccc(Br)cc1. The summed E-state index contributed by atoms with van der Waals surface area (Å²) in [5.41, 5.74) is 0.520. The lowest BCUT2D eigenvalue weighted by Gasteiger charge is -2.12. The van der Waals surface area contributed by atoms with Crippen LogP contribution in [0.1, 0.15) is 10.4 Å². The van der Waals surface area contributed by atoms with E-state index in [0.29, 0.717) is 5.56 Å². The van der Waals surface area contributed by atoms with Crippen LogP contribution < -0.4 is 0 Å². The third-order valence-corrected chi connectivity index (χ3v) is 2.85. The third-order valence-electron chi connectivity index (χ3n) is 2.32. The average Bonchev–Trinajstić information content (AvgIpc) is 2.36. The van der Waals surface area contributed by atoms with Crippen LogP contribution >= 0.6 is 15.9 Å². The maximum atomic E-state index is 11.7. The second-order valence-electron chi connectivity index (χ2n) is 3.69. The summed E-state index contributed by atoms with van der Waals surface area (Å²) >= 11 is 3.28. The molecule has 1 aromatic rings. The molecule has 0 saturated heterocycles. The molecule has 1 N–H and O–H groups in total. The summed E-state index contributed by atoms with van der Waals surface area (Å²) in [5, 5.41) is 8.68. The highest BCUT2D eigenvalue weighted by Gasteiger charge is 2.05. The maximum absolute atomic E-state index is 11.7. The fourth-order valence-corrected chi connectivity index (χ4v) is 1.51. The summed E-state index contributed by atoms with van der Waals surface area (Å²) < 4.78 is 0.891. The fraction of sp³-hybridized carbons (Fsp3) is 0.231. The van der Waals surface area contributed by atoms with E-state index < -0.39 is 0 Å². The van der Waals surface area contributed by atoms with Crippen LogP contribution in [0.3, 0.4) is 0 Å². The third kappa shape index (κ3) is 4.43. The van der Waals surface area contributed by atoms with Gasteiger partial charge < -0.3 is 10.0 Å². The first-order chi connectivity index (χ1) is 8.54. The molecule has 0 aromatic heterocycles. The van der Waals surface area contributed by atoms with Gasteiger partial charge in [-0.3, -0.25) is 9.59 Å². The molecule has 4 nitrogen and oxygen atoms in total. The number of ketones is 1. The molecule has 0 aliphatic rings. The Balaban J connectivity index is 2.64. The second kappa shape index (κ2) is 7.08. The minimum Gasteiger partial charge on any atom is -0.395 e. The van der Waals surface area contributed by atoms with Gasteiger partial charge in [-0.15, -0.1) is 0 Å². The minimum atomic E-state index is -0.311. The molecule has 96 valence electrons. The topological polar surface area (TPSA) is 57.6 Å². The van der Waals surface area contributed by atoms with Crippen molar-refractivity contribution >= 4 is 27.6 Å². The van der Waals surface area contributed by atoms with Gasteiger partial charge in [0.2, 0.25) is 5.91 Å². The summed E-state index contributed by atoms with van der Waals surface area (Å²) in [6.45, 7) is 0.145. The lowest BCUT2D eigenvalue weighted by Crippen LogP contribution is -2.27. The average molecular weight is 312 g/mol. The molecule has 0 atom stereocenters. The Labute approximate surface area is 114 Å². The van der Waals surface area contributed by atoms with Gasteiger partial charge >= 0.3 is 0 Å². The molecule has 0 heterocycles. The Bertz CT molecular complexity index is 454. The van der Waals surface area contributed by atoms with Gasteiger partial charge in [0, 0.05) is 29.7 Å². The predicted molar refractivity (Wildman–Crippen MR) is 72.3 cm³/mol. The van der Waals surface area contributed by atoms with E-state index in [1.807, 2.05) is 0 Å². The van der Waals surface area contributed by atoms with E-state index >= 15 is 0 Å². The van der Waals surface area contributed by atoms with Gasteiger partial charge in [-0.2, -0.15) is 0 Å². The van der Waals surface area contributed by atoms with Gasteiger partial charge in [0.05, 0.1) is 6.61 Å². The number of likely N-dealkylation sites (N-methyl/N-ethyl adjacent to an activating group) is 1. The number of carbonyl (C=O) groups excluding carboxylic acids is 2. The van der Waals surface area contributed by atoms with Crippen LogP contribution in [0.5, 0.6) is 0 Å². The Morgan fingerprint density at radius 2 is 1.89 bits per heavy atom. The van der Waals surface area contributed by atoms with E-state index in [9.17, 15) is 9.59 Å². The number of hydrogen-bond donors (Lipinski definition) is 1. The number of nitrogens with zero attached hydrogens (tertiary/aromatic N) is 1. The minimum absolute atomic E-state index is 0.100. The quantitative estimate of drug-likeness (QED) is 0.664. The zero-order valence-corrected chi connectivity index (χ0v) is 11.6. The molecular weight excluding hydrogens is 298 g/mol. The highest BCUT2D eigenvalue weighted by atomic mass is 79.9. The highest BCUT2D eigenvalue weighted by molar-refractivity contribution is 9.10. The van der Waals surface area contributed by atoms with Gasteiger partial charge in [-0.25, -0.2) is 0 Å². The summed E-state index contributed by atoms with van der Waals surface area (Å²) in [6.07, 6.45) is 2.44. The predicted octanol–water partition coefficient (Wildman–Crippen LogP) is 1.64. The van der Waals surface area contributed by atoms with Gasteiger partial charge in [0.25, 0.3) is 0 Å². The first kappa shape index (κ1) is 14.6. The first-order valence-corrected chi connectivity index (χ1v) is 6.18. The number of benzene rings is 1. The largest absolute Gasteiger partial charge is 0.395 e. The van der Waals surface area contributed by atoms with Crippen LogP contribution in [-0.4, -0.2) is 41.9 Å². The number of allylic oxidation sites excluding steroid dienone is 1. The van der Waals surface area contributed by atoms with Crippen molar-refractivity contribution in [2.45, 2.75) is 0 Å².